The van der Waals surface area contributed by atoms with Gasteiger partial charge in [0.05, 0.1) is 42.0 Å². The van der Waals surface area contributed by atoms with Gasteiger partial charge < -0.3 is 15.5 Å². The zero-order valence-corrected chi connectivity index (χ0v) is 20.5. The van der Waals surface area contributed by atoms with Crippen LogP contribution in [0.1, 0.15) is 59.2 Å². The van der Waals surface area contributed by atoms with Crippen LogP contribution in [0.15, 0.2) is 42.6 Å². The number of carbonyl (C=O) groups excluding carboxylic acids is 1. The number of amides is 1. The Labute approximate surface area is 212 Å². The van der Waals surface area contributed by atoms with Crippen molar-refractivity contribution in [3.8, 4) is 0 Å². The number of carboxylic acid groups (broad SMARTS) is 1. The number of benzene rings is 2. The SMILES string of the molecule is Cc1ccc(C(=O)N[C@@H](CO)C2CCC(CC(=O)O)CC2)c2cnn(Cc3ccc(C(F)(F)F)cc3)c12. The van der Waals surface area contributed by atoms with Crippen molar-refractivity contribution in [2.45, 2.75) is 57.8 Å². The zero-order chi connectivity index (χ0) is 26.7. The van der Waals surface area contributed by atoms with E-state index in [-0.39, 0.29) is 37.3 Å². The van der Waals surface area contributed by atoms with E-state index >= 15 is 0 Å². The highest BCUT2D eigenvalue weighted by Crippen LogP contribution is 2.33. The maximum absolute atomic E-state index is 13.2. The summed E-state index contributed by atoms with van der Waals surface area (Å²) in [7, 11) is 0. The van der Waals surface area contributed by atoms with Gasteiger partial charge in [0.15, 0.2) is 0 Å². The summed E-state index contributed by atoms with van der Waals surface area (Å²) in [5.41, 5.74) is 1.91. The lowest BCUT2D eigenvalue weighted by Crippen LogP contribution is -2.44. The number of nitrogens with zero attached hydrogens (tertiary/aromatic N) is 2. The van der Waals surface area contributed by atoms with Gasteiger partial charge in [-0.1, -0.05) is 18.2 Å². The number of aryl methyl sites for hydroxylation is 1. The molecular formula is C27H30F3N3O4. The van der Waals surface area contributed by atoms with Crippen molar-refractivity contribution >= 4 is 22.8 Å². The van der Waals surface area contributed by atoms with Crippen molar-refractivity contribution in [2.75, 3.05) is 6.61 Å². The van der Waals surface area contributed by atoms with Gasteiger partial charge in [0.1, 0.15) is 0 Å². The second-order valence-electron chi connectivity index (χ2n) is 9.83. The first-order valence-corrected chi connectivity index (χ1v) is 12.3. The second-order valence-corrected chi connectivity index (χ2v) is 9.83. The maximum atomic E-state index is 13.2. The average Bonchev–Trinajstić information content (AvgIpc) is 3.27. The van der Waals surface area contributed by atoms with Crippen molar-refractivity contribution in [1.82, 2.24) is 15.1 Å². The number of alkyl halides is 3. The van der Waals surface area contributed by atoms with E-state index < -0.39 is 23.8 Å². The number of carboxylic acids is 1. The maximum Gasteiger partial charge on any atom is 0.416 e. The minimum absolute atomic E-state index is 0.0577. The van der Waals surface area contributed by atoms with Crippen LogP contribution in [0, 0.1) is 18.8 Å². The molecule has 2 aromatic carbocycles. The number of carbonyl (C=O) groups is 2. The summed E-state index contributed by atoms with van der Waals surface area (Å²) in [5.74, 6) is -0.971. The molecule has 37 heavy (non-hydrogen) atoms. The van der Waals surface area contributed by atoms with Crippen LogP contribution in [0.2, 0.25) is 0 Å². The fourth-order valence-corrected chi connectivity index (χ4v) is 5.27. The molecule has 10 heteroatoms. The van der Waals surface area contributed by atoms with Gasteiger partial charge in [0.2, 0.25) is 0 Å². The standard InChI is InChI=1S/C27H30F3N3O4/c1-16-2-11-21(26(37)32-23(15-34)19-7-3-17(4-8-19)12-24(35)36)22-13-31-33(25(16)22)14-18-5-9-20(10-6-18)27(28,29)30/h2,5-6,9-11,13,17,19,23,34H,3-4,7-8,12,14-15H2,1H3,(H,32,37)(H,35,36)/t17?,19?,23-/m0/s1. The highest BCUT2D eigenvalue weighted by atomic mass is 19.4. The number of aliphatic carboxylic acids is 1. The third-order valence-electron chi connectivity index (χ3n) is 7.30. The molecule has 1 amide bonds. The molecule has 0 aliphatic heterocycles. The number of hydrogen-bond acceptors (Lipinski definition) is 4. The normalized spacial score (nSPS) is 19.1. The molecule has 1 fully saturated rings. The topological polar surface area (TPSA) is 104 Å². The Hall–Kier alpha value is -3.40. The first kappa shape index (κ1) is 26.7. The second kappa shape index (κ2) is 10.9. The Morgan fingerprint density at radius 2 is 1.78 bits per heavy atom. The number of nitrogens with one attached hydrogen (secondary N) is 1. The zero-order valence-electron chi connectivity index (χ0n) is 20.5. The third-order valence-corrected chi connectivity index (χ3v) is 7.30. The molecule has 0 radical (unpaired) electrons. The van der Waals surface area contributed by atoms with E-state index in [0.717, 1.165) is 43.4 Å². The molecule has 1 aliphatic carbocycles. The van der Waals surface area contributed by atoms with Crippen molar-refractivity contribution in [3.05, 3.63) is 64.8 Å². The van der Waals surface area contributed by atoms with E-state index in [0.29, 0.717) is 22.0 Å². The summed E-state index contributed by atoms with van der Waals surface area (Å²) in [6, 6.07) is 7.96. The molecule has 198 valence electrons. The van der Waals surface area contributed by atoms with Gasteiger partial charge in [-0.2, -0.15) is 18.3 Å². The quantitative estimate of drug-likeness (QED) is 0.399. The highest BCUT2D eigenvalue weighted by Gasteiger charge is 2.31. The molecule has 4 rings (SSSR count). The van der Waals surface area contributed by atoms with Crippen LogP contribution >= 0.6 is 0 Å². The first-order chi connectivity index (χ1) is 17.6. The van der Waals surface area contributed by atoms with Gasteiger partial charge in [0.25, 0.3) is 5.91 Å². The Balaban J connectivity index is 1.50. The summed E-state index contributed by atoms with van der Waals surface area (Å²) < 4.78 is 40.3. The summed E-state index contributed by atoms with van der Waals surface area (Å²) in [5, 5.41) is 27.0. The Morgan fingerprint density at radius 3 is 2.38 bits per heavy atom. The minimum atomic E-state index is -4.40. The summed E-state index contributed by atoms with van der Waals surface area (Å²) >= 11 is 0. The molecule has 3 aromatic rings. The van der Waals surface area contributed by atoms with Crippen LogP contribution in [-0.2, 0) is 17.5 Å². The van der Waals surface area contributed by atoms with Crippen LogP contribution in [0.5, 0.6) is 0 Å². The third kappa shape index (κ3) is 6.12. The number of hydrogen-bond donors (Lipinski definition) is 3. The van der Waals surface area contributed by atoms with E-state index in [1.807, 2.05) is 6.92 Å². The molecule has 1 saturated carbocycles. The minimum Gasteiger partial charge on any atom is -0.481 e. The molecule has 1 aliphatic rings. The van der Waals surface area contributed by atoms with Crippen molar-refractivity contribution < 1.29 is 33.0 Å². The van der Waals surface area contributed by atoms with E-state index in [9.17, 15) is 27.9 Å². The molecule has 7 nitrogen and oxygen atoms in total. The van der Waals surface area contributed by atoms with Crippen LogP contribution < -0.4 is 5.32 Å². The van der Waals surface area contributed by atoms with Gasteiger partial charge in [0, 0.05) is 11.8 Å². The molecule has 1 aromatic heterocycles. The Kier molecular flexibility index (Phi) is 7.87. The molecule has 0 spiro atoms. The average molecular weight is 518 g/mol. The monoisotopic (exact) mass is 517 g/mol. The molecule has 0 bridgehead atoms. The first-order valence-electron chi connectivity index (χ1n) is 12.3. The Bertz CT molecular complexity index is 1260. The van der Waals surface area contributed by atoms with E-state index in [4.69, 9.17) is 5.11 Å². The molecular weight excluding hydrogens is 487 g/mol. The van der Waals surface area contributed by atoms with Gasteiger partial charge in [-0.05, 0) is 73.8 Å². The van der Waals surface area contributed by atoms with E-state index in [1.54, 1.807) is 23.0 Å². The number of halogens is 3. The van der Waals surface area contributed by atoms with Crippen molar-refractivity contribution in [1.29, 1.82) is 0 Å². The summed E-state index contributed by atoms with van der Waals surface area (Å²) in [6.07, 6.45) is 0.270. The summed E-state index contributed by atoms with van der Waals surface area (Å²) in [4.78, 5) is 24.2. The largest absolute Gasteiger partial charge is 0.481 e. The summed E-state index contributed by atoms with van der Waals surface area (Å²) in [6.45, 7) is 1.90. The van der Waals surface area contributed by atoms with Crippen LogP contribution in [-0.4, -0.2) is 44.5 Å². The fraction of sp³-hybridized carbons (Fsp3) is 0.444. The van der Waals surface area contributed by atoms with E-state index in [1.165, 1.54) is 12.1 Å². The number of fused-ring (bicyclic) bond motifs is 1. The lowest BCUT2D eigenvalue weighted by molar-refractivity contribution is -0.139. The fourth-order valence-electron chi connectivity index (χ4n) is 5.27. The Morgan fingerprint density at radius 1 is 1.11 bits per heavy atom. The molecule has 1 heterocycles. The lowest BCUT2D eigenvalue weighted by Gasteiger charge is -2.33. The highest BCUT2D eigenvalue weighted by molar-refractivity contribution is 6.07. The van der Waals surface area contributed by atoms with Crippen LogP contribution in [0.25, 0.3) is 10.9 Å². The van der Waals surface area contributed by atoms with Crippen molar-refractivity contribution in [3.63, 3.8) is 0 Å². The van der Waals surface area contributed by atoms with Gasteiger partial charge in [-0.3, -0.25) is 14.3 Å². The number of aliphatic hydroxyl groups is 1. The molecule has 3 N–H and O–H groups in total. The van der Waals surface area contributed by atoms with E-state index in [2.05, 4.69) is 10.4 Å². The van der Waals surface area contributed by atoms with Crippen molar-refractivity contribution in [2.24, 2.45) is 11.8 Å². The van der Waals surface area contributed by atoms with Gasteiger partial charge >= 0.3 is 12.1 Å². The number of aliphatic hydroxyl groups excluding tert-OH is 1. The van der Waals surface area contributed by atoms with Gasteiger partial charge in [-0.15, -0.1) is 0 Å². The molecule has 0 saturated heterocycles. The lowest BCUT2D eigenvalue weighted by atomic mass is 9.77. The number of aromatic nitrogens is 2. The van der Waals surface area contributed by atoms with Gasteiger partial charge in [-0.25, -0.2) is 0 Å². The molecule has 0 unspecified atom stereocenters. The van der Waals surface area contributed by atoms with Crippen LogP contribution in [0.3, 0.4) is 0 Å². The number of rotatable bonds is 8. The predicted octanol–water partition coefficient (Wildman–Crippen LogP) is 4.78. The smallest absolute Gasteiger partial charge is 0.416 e. The molecule has 1 atom stereocenters. The predicted molar refractivity (Wildman–Crippen MR) is 131 cm³/mol. The van der Waals surface area contributed by atoms with Crippen LogP contribution in [0.4, 0.5) is 13.2 Å².